The van der Waals surface area contributed by atoms with Gasteiger partial charge in [-0.2, -0.15) is 0 Å². The minimum atomic E-state index is -3.59. The summed E-state index contributed by atoms with van der Waals surface area (Å²) in [7, 11) is 0.246. The summed E-state index contributed by atoms with van der Waals surface area (Å²) < 4.78 is 39.0. The Morgan fingerprint density at radius 1 is 1.08 bits per heavy atom. The van der Waals surface area contributed by atoms with Crippen LogP contribution >= 0.6 is 0 Å². The lowest BCUT2D eigenvalue weighted by molar-refractivity contribution is 0.174. The average Bonchev–Trinajstić information content (AvgIpc) is 3.02. The molecule has 140 valence electrons. The van der Waals surface area contributed by atoms with Gasteiger partial charge in [-0.3, -0.25) is 0 Å². The van der Waals surface area contributed by atoms with Crippen molar-refractivity contribution in [1.82, 2.24) is 9.62 Å². The van der Waals surface area contributed by atoms with Crippen LogP contribution in [0.2, 0.25) is 0 Å². The maximum atomic E-state index is 12.7. The molecule has 2 aromatic rings. The molecule has 1 aliphatic rings. The third-order valence-corrected chi connectivity index (χ3v) is 6.08. The van der Waals surface area contributed by atoms with Crippen LogP contribution in [0.4, 0.5) is 0 Å². The smallest absolute Gasteiger partial charge is 0.240 e. The summed E-state index contributed by atoms with van der Waals surface area (Å²) in [5, 5.41) is 0. The summed E-state index contributed by atoms with van der Waals surface area (Å²) in [6.07, 6.45) is 0. The van der Waals surface area contributed by atoms with Crippen molar-refractivity contribution in [3.63, 3.8) is 0 Å². The van der Waals surface area contributed by atoms with Crippen LogP contribution in [-0.2, 0) is 10.0 Å². The fourth-order valence-corrected chi connectivity index (χ4v) is 4.35. The lowest BCUT2D eigenvalue weighted by Gasteiger charge is -2.25. The number of fused-ring (bicyclic) bond motifs is 1. The first kappa shape index (κ1) is 18.7. The third-order valence-electron chi connectivity index (χ3n) is 4.49. The van der Waals surface area contributed by atoms with E-state index >= 15 is 0 Å². The molecule has 6 nitrogen and oxygen atoms in total. The van der Waals surface area contributed by atoms with Gasteiger partial charge in [0.1, 0.15) is 0 Å². The van der Waals surface area contributed by atoms with Crippen molar-refractivity contribution in [2.75, 3.05) is 27.4 Å². The van der Waals surface area contributed by atoms with E-state index in [1.54, 1.807) is 6.07 Å². The highest BCUT2D eigenvalue weighted by atomic mass is 32.2. The summed E-state index contributed by atoms with van der Waals surface area (Å²) in [5.41, 5.74) is 2.73. The molecule has 1 atom stereocenters. The minimum absolute atomic E-state index is 0.134. The van der Waals surface area contributed by atoms with Crippen LogP contribution in [0.5, 0.6) is 11.5 Å². The zero-order chi connectivity index (χ0) is 18.9. The molecule has 3 rings (SSSR count). The second-order valence-electron chi connectivity index (χ2n) is 6.71. The Kier molecular flexibility index (Phi) is 5.22. The van der Waals surface area contributed by atoms with E-state index in [9.17, 15) is 8.42 Å². The fraction of sp³-hybridized carbons (Fsp3) is 0.368. The van der Waals surface area contributed by atoms with Crippen molar-refractivity contribution < 1.29 is 17.9 Å². The van der Waals surface area contributed by atoms with E-state index in [1.807, 2.05) is 63.2 Å². The van der Waals surface area contributed by atoms with Crippen molar-refractivity contribution in [2.45, 2.75) is 24.8 Å². The number of aryl methyl sites for hydroxylation is 2. The van der Waals surface area contributed by atoms with Gasteiger partial charge in [0.15, 0.2) is 11.5 Å². The van der Waals surface area contributed by atoms with Gasteiger partial charge in [-0.15, -0.1) is 0 Å². The lowest BCUT2D eigenvalue weighted by Crippen LogP contribution is -2.34. The summed E-state index contributed by atoms with van der Waals surface area (Å²) >= 11 is 0. The van der Waals surface area contributed by atoms with E-state index in [1.165, 1.54) is 0 Å². The van der Waals surface area contributed by atoms with Gasteiger partial charge < -0.3 is 14.4 Å². The Morgan fingerprint density at radius 3 is 2.50 bits per heavy atom. The molecule has 0 saturated heterocycles. The number of nitrogens with zero attached hydrogens (tertiary/aromatic N) is 1. The normalized spacial score (nSPS) is 14.7. The van der Waals surface area contributed by atoms with E-state index in [0.717, 1.165) is 16.7 Å². The van der Waals surface area contributed by atoms with E-state index in [2.05, 4.69) is 4.72 Å². The molecule has 0 fully saturated rings. The highest BCUT2D eigenvalue weighted by Gasteiger charge is 2.23. The summed E-state index contributed by atoms with van der Waals surface area (Å²) in [6, 6.07) is 10.9. The second-order valence-corrected chi connectivity index (χ2v) is 8.45. The molecule has 1 aliphatic heterocycles. The van der Waals surface area contributed by atoms with E-state index in [4.69, 9.17) is 9.47 Å². The van der Waals surface area contributed by atoms with Gasteiger partial charge in [0.25, 0.3) is 0 Å². The van der Waals surface area contributed by atoms with Gasteiger partial charge in [0, 0.05) is 12.6 Å². The predicted molar refractivity (Wildman–Crippen MR) is 100 cm³/mol. The van der Waals surface area contributed by atoms with Crippen molar-refractivity contribution >= 4 is 10.0 Å². The number of likely N-dealkylation sites (N-methyl/N-ethyl adjacent to an activating group) is 1. The first-order valence-corrected chi connectivity index (χ1v) is 9.89. The quantitative estimate of drug-likeness (QED) is 0.839. The molecule has 1 N–H and O–H groups in total. The molecule has 1 heterocycles. The van der Waals surface area contributed by atoms with Gasteiger partial charge in [-0.25, -0.2) is 13.1 Å². The van der Waals surface area contributed by atoms with Crippen LogP contribution < -0.4 is 14.2 Å². The molecule has 0 aromatic heterocycles. The van der Waals surface area contributed by atoms with Gasteiger partial charge >= 0.3 is 0 Å². The Balaban J connectivity index is 1.80. The molecule has 0 bridgehead atoms. The van der Waals surface area contributed by atoms with Crippen molar-refractivity contribution in [1.29, 1.82) is 0 Å². The zero-order valence-corrected chi connectivity index (χ0v) is 16.3. The molecular formula is C19H24N2O4S. The largest absolute Gasteiger partial charge is 0.454 e. The van der Waals surface area contributed by atoms with Crippen LogP contribution in [0.25, 0.3) is 0 Å². The van der Waals surface area contributed by atoms with Gasteiger partial charge in [0.05, 0.1) is 4.90 Å². The maximum Gasteiger partial charge on any atom is 0.240 e. The molecular weight excluding hydrogens is 352 g/mol. The van der Waals surface area contributed by atoms with Crippen LogP contribution in [0.15, 0.2) is 41.3 Å². The second kappa shape index (κ2) is 7.26. The third kappa shape index (κ3) is 3.85. The first-order chi connectivity index (χ1) is 12.3. The molecule has 26 heavy (non-hydrogen) atoms. The highest BCUT2D eigenvalue weighted by molar-refractivity contribution is 7.89. The Morgan fingerprint density at radius 2 is 1.81 bits per heavy atom. The number of hydrogen-bond donors (Lipinski definition) is 1. The summed E-state index contributed by atoms with van der Waals surface area (Å²) in [5.74, 6) is 1.40. The average molecular weight is 376 g/mol. The highest BCUT2D eigenvalue weighted by Crippen LogP contribution is 2.35. The lowest BCUT2D eigenvalue weighted by atomic mass is 10.1. The van der Waals surface area contributed by atoms with Gasteiger partial charge in [-0.05, 0) is 57.3 Å². The van der Waals surface area contributed by atoms with E-state index < -0.39 is 10.0 Å². The van der Waals surface area contributed by atoms with Crippen LogP contribution in [0.3, 0.4) is 0 Å². The molecule has 2 aromatic carbocycles. The van der Waals surface area contributed by atoms with Crippen LogP contribution in [0, 0.1) is 13.8 Å². The number of hydrogen-bond acceptors (Lipinski definition) is 5. The summed E-state index contributed by atoms with van der Waals surface area (Å²) in [4.78, 5) is 2.29. The Labute approximate surface area is 154 Å². The van der Waals surface area contributed by atoms with Crippen molar-refractivity contribution in [3.8, 4) is 11.5 Å². The van der Waals surface area contributed by atoms with Crippen LogP contribution in [0.1, 0.15) is 22.7 Å². The minimum Gasteiger partial charge on any atom is -0.454 e. The molecule has 0 amide bonds. The fourth-order valence-electron chi connectivity index (χ4n) is 3.09. The van der Waals surface area contributed by atoms with Crippen molar-refractivity contribution in [3.05, 3.63) is 53.1 Å². The standard InChI is InChI=1S/C19H24N2O4S/c1-13-5-8-19(14(2)9-13)26(22,23)20-11-16(21(3)4)15-6-7-17-18(10-15)25-12-24-17/h5-10,16,20H,11-12H2,1-4H3. The Hall–Kier alpha value is -2.09. The zero-order valence-electron chi connectivity index (χ0n) is 15.4. The number of sulfonamides is 1. The predicted octanol–water partition coefficient (Wildman–Crippen LogP) is 2.61. The number of ether oxygens (including phenoxy) is 2. The van der Waals surface area contributed by atoms with Crippen molar-refractivity contribution in [2.24, 2.45) is 0 Å². The maximum absolute atomic E-state index is 12.7. The first-order valence-electron chi connectivity index (χ1n) is 8.41. The summed E-state index contributed by atoms with van der Waals surface area (Å²) in [6.45, 7) is 4.22. The monoisotopic (exact) mass is 376 g/mol. The van der Waals surface area contributed by atoms with Gasteiger partial charge in [0.2, 0.25) is 16.8 Å². The Bertz CT molecular complexity index is 910. The van der Waals surface area contributed by atoms with Gasteiger partial charge in [-0.1, -0.05) is 23.8 Å². The molecule has 0 radical (unpaired) electrons. The molecule has 0 aliphatic carbocycles. The SMILES string of the molecule is Cc1ccc(S(=O)(=O)NCC(c2ccc3c(c2)OCO3)N(C)C)c(C)c1. The number of benzene rings is 2. The molecule has 1 unspecified atom stereocenters. The molecule has 0 saturated carbocycles. The number of rotatable bonds is 6. The molecule has 0 spiro atoms. The van der Waals surface area contributed by atoms with E-state index in [0.29, 0.717) is 16.4 Å². The topological polar surface area (TPSA) is 67.9 Å². The molecule has 7 heteroatoms. The van der Waals surface area contributed by atoms with Crippen LogP contribution in [-0.4, -0.2) is 40.8 Å². The number of nitrogens with one attached hydrogen (secondary N) is 1. The van der Waals surface area contributed by atoms with E-state index in [-0.39, 0.29) is 19.4 Å².